The van der Waals surface area contributed by atoms with Gasteiger partial charge in [-0.05, 0) is 81.1 Å². The molecule has 188 valence electrons. The molecule has 0 spiro atoms. The number of rotatable bonds is 7. The first-order valence-corrected chi connectivity index (χ1v) is 13.3. The smallest absolute Gasteiger partial charge is 0.321 e. The topological polar surface area (TPSA) is 38.8 Å². The van der Waals surface area contributed by atoms with Crippen molar-refractivity contribution in [2.75, 3.05) is 51.6 Å². The van der Waals surface area contributed by atoms with Crippen LogP contribution in [0.3, 0.4) is 0 Å². The van der Waals surface area contributed by atoms with Gasteiger partial charge in [0, 0.05) is 54.9 Å². The minimum atomic E-state index is -0.492. The lowest BCUT2D eigenvalue weighted by Crippen LogP contribution is -2.47. The van der Waals surface area contributed by atoms with Crippen molar-refractivity contribution in [1.29, 1.82) is 0 Å². The largest absolute Gasteiger partial charge is 0.322 e. The van der Waals surface area contributed by atoms with Gasteiger partial charge >= 0.3 is 6.03 Å². The lowest BCUT2D eigenvalue weighted by molar-refractivity contribution is 0.140. The molecule has 1 saturated heterocycles. The molecule has 5 rings (SSSR count). The maximum Gasteiger partial charge on any atom is 0.322 e. The number of nitrogens with zero attached hydrogens (tertiary/aromatic N) is 3. The Bertz CT molecular complexity index is 1080. The summed E-state index contributed by atoms with van der Waals surface area (Å²) in [5.41, 5.74) is 1.94. The molecule has 0 aromatic heterocycles. The number of urea groups is 1. The van der Waals surface area contributed by atoms with Gasteiger partial charge in [0.15, 0.2) is 0 Å². The third kappa shape index (κ3) is 5.31. The second-order valence-electron chi connectivity index (χ2n) is 10.3. The van der Waals surface area contributed by atoms with E-state index in [9.17, 15) is 9.18 Å². The van der Waals surface area contributed by atoms with Crippen LogP contribution in [0.5, 0.6) is 0 Å². The summed E-state index contributed by atoms with van der Waals surface area (Å²) in [6.45, 7) is 5.99. The Balaban J connectivity index is 1.29. The van der Waals surface area contributed by atoms with Crippen molar-refractivity contribution < 1.29 is 9.18 Å². The van der Waals surface area contributed by atoms with E-state index < -0.39 is 5.82 Å². The molecule has 0 bridgehead atoms. The number of halogens is 3. The maximum absolute atomic E-state index is 13.6. The monoisotopic (exact) mass is 518 g/mol. The Labute approximate surface area is 217 Å². The van der Waals surface area contributed by atoms with Crippen LogP contribution in [0.15, 0.2) is 42.5 Å². The highest BCUT2D eigenvalue weighted by Crippen LogP contribution is 2.65. The average molecular weight is 519 g/mol. The van der Waals surface area contributed by atoms with Gasteiger partial charge < -0.3 is 20.0 Å². The molecule has 0 unspecified atom stereocenters. The first-order valence-electron chi connectivity index (χ1n) is 12.6. The average Bonchev–Trinajstić information content (AvgIpc) is 3.47. The summed E-state index contributed by atoms with van der Waals surface area (Å²) < 4.78 is 13.6. The number of likely N-dealkylation sites (N-methyl/N-ethyl adjacent to an activating group) is 1. The SMILES string of the molecule is CN1CCN(CCCN(C(=O)Nc2ccc(F)c(Cl)c2)[C@@H]2CC[C@]3(c4cccc(Cl)c4)C[C@H]23)CC1. The molecule has 3 fully saturated rings. The highest BCUT2D eigenvalue weighted by Gasteiger charge is 2.64. The van der Waals surface area contributed by atoms with E-state index in [1.54, 1.807) is 6.07 Å². The Morgan fingerprint density at radius 2 is 1.97 bits per heavy atom. The molecule has 5 nitrogen and oxygen atoms in total. The molecule has 2 aromatic rings. The predicted octanol–water partition coefficient (Wildman–Crippen LogP) is 5.72. The third-order valence-electron chi connectivity index (χ3n) is 8.19. The van der Waals surface area contributed by atoms with Crippen LogP contribution in [0, 0.1) is 11.7 Å². The molecule has 1 aliphatic heterocycles. The maximum atomic E-state index is 13.6. The van der Waals surface area contributed by atoms with Gasteiger partial charge in [0.05, 0.1) is 5.02 Å². The van der Waals surface area contributed by atoms with E-state index in [-0.39, 0.29) is 22.5 Å². The number of nitrogens with one attached hydrogen (secondary N) is 1. The number of anilines is 1. The van der Waals surface area contributed by atoms with Gasteiger partial charge in [-0.25, -0.2) is 9.18 Å². The molecule has 35 heavy (non-hydrogen) atoms. The van der Waals surface area contributed by atoms with Crippen molar-refractivity contribution >= 4 is 34.9 Å². The molecule has 3 atom stereocenters. The zero-order valence-corrected chi connectivity index (χ0v) is 21.7. The molecule has 0 radical (unpaired) electrons. The summed E-state index contributed by atoms with van der Waals surface area (Å²) in [4.78, 5) is 20.4. The van der Waals surface area contributed by atoms with E-state index in [1.165, 1.54) is 17.7 Å². The number of amides is 2. The molecule has 2 aromatic carbocycles. The van der Waals surface area contributed by atoms with Gasteiger partial charge in [0.2, 0.25) is 0 Å². The van der Waals surface area contributed by atoms with Gasteiger partial charge in [0.25, 0.3) is 0 Å². The first kappa shape index (κ1) is 24.8. The van der Waals surface area contributed by atoms with Crippen LogP contribution in [-0.4, -0.2) is 73.1 Å². The summed E-state index contributed by atoms with van der Waals surface area (Å²) in [5, 5.41) is 3.75. The zero-order valence-electron chi connectivity index (χ0n) is 20.2. The highest BCUT2D eigenvalue weighted by atomic mass is 35.5. The van der Waals surface area contributed by atoms with Gasteiger partial charge in [-0.2, -0.15) is 0 Å². The molecule has 2 amide bonds. The van der Waals surface area contributed by atoms with Crippen LogP contribution in [-0.2, 0) is 5.41 Å². The lowest BCUT2D eigenvalue weighted by atomic mass is 9.93. The molecular weight excluding hydrogens is 486 g/mol. The first-order chi connectivity index (χ1) is 16.9. The summed E-state index contributed by atoms with van der Waals surface area (Å²) in [7, 11) is 2.16. The summed E-state index contributed by atoms with van der Waals surface area (Å²) in [5.74, 6) is -0.0547. The fraction of sp³-hybridized carbons (Fsp3) is 0.519. The summed E-state index contributed by atoms with van der Waals surface area (Å²) >= 11 is 12.3. The van der Waals surface area contributed by atoms with E-state index in [4.69, 9.17) is 23.2 Å². The van der Waals surface area contributed by atoms with Crippen LogP contribution in [0.25, 0.3) is 0 Å². The number of benzene rings is 2. The molecule has 1 N–H and O–H groups in total. The summed E-state index contributed by atoms with van der Waals surface area (Å²) in [6.07, 6.45) is 4.05. The minimum absolute atomic E-state index is 0.00690. The molecule has 2 aliphatic carbocycles. The second kappa shape index (κ2) is 10.3. The normalized spacial score (nSPS) is 26.4. The van der Waals surface area contributed by atoms with Crippen molar-refractivity contribution in [3.63, 3.8) is 0 Å². The number of fused-ring (bicyclic) bond motifs is 1. The Morgan fingerprint density at radius 1 is 1.17 bits per heavy atom. The Hall–Kier alpha value is -1.86. The molecule has 1 heterocycles. The van der Waals surface area contributed by atoms with Crippen molar-refractivity contribution in [2.24, 2.45) is 5.92 Å². The Kier molecular flexibility index (Phi) is 7.27. The number of hydrogen-bond donors (Lipinski definition) is 1. The fourth-order valence-corrected chi connectivity index (χ4v) is 6.47. The van der Waals surface area contributed by atoms with Gasteiger partial charge in [-0.3, -0.25) is 0 Å². The molecule has 2 saturated carbocycles. The number of carbonyl (C=O) groups is 1. The second-order valence-corrected chi connectivity index (χ2v) is 11.2. The van der Waals surface area contributed by atoms with Crippen molar-refractivity contribution in [1.82, 2.24) is 14.7 Å². The van der Waals surface area contributed by atoms with E-state index >= 15 is 0 Å². The van der Waals surface area contributed by atoms with E-state index in [2.05, 4.69) is 34.3 Å². The van der Waals surface area contributed by atoms with Crippen LogP contribution in [0.2, 0.25) is 10.0 Å². The highest BCUT2D eigenvalue weighted by molar-refractivity contribution is 6.31. The number of hydrogen-bond acceptors (Lipinski definition) is 3. The fourth-order valence-electron chi connectivity index (χ4n) is 6.10. The van der Waals surface area contributed by atoms with E-state index in [0.717, 1.165) is 63.4 Å². The molecule has 8 heteroatoms. The third-order valence-corrected chi connectivity index (χ3v) is 8.71. The quantitative estimate of drug-likeness (QED) is 0.509. The number of carbonyl (C=O) groups excluding carboxylic acids is 1. The van der Waals surface area contributed by atoms with Gasteiger partial charge in [-0.1, -0.05) is 35.3 Å². The minimum Gasteiger partial charge on any atom is -0.321 e. The standard InChI is InChI=1S/C27H33Cl2FN4O/c1-32-12-14-33(15-13-32)10-3-11-34(26(35)31-21-6-7-24(30)23(29)17-21)25-8-9-27(18-22(25)27)19-4-2-5-20(28)16-19/h2,4-7,16-17,22,25H,3,8-15,18H2,1H3,(H,31,35)/t22-,25-,27-/m1/s1. The summed E-state index contributed by atoms with van der Waals surface area (Å²) in [6, 6.07) is 12.6. The van der Waals surface area contributed by atoms with E-state index in [1.807, 2.05) is 17.0 Å². The van der Waals surface area contributed by atoms with Crippen LogP contribution in [0.4, 0.5) is 14.9 Å². The van der Waals surface area contributed by atoms with Gasteiger partial charge in [-0.15, -0.1) is 0 Å². The van der Waals surface area contributed by atoms with Crippen LogP contribution < -0.4 is 5.32 Å². The van der Waals surface area contributed by atoms with Crippen LogP contribution >= 0.6 is 23.2 Å². The Morgan fingerprint density at radius 3 is 2.69 bits per heavy atom. The number of piperazine rings is 1. The molecule has 3 aliphatic rings. The van der Waals surface area contributed by atoms with E-state index in [0.29, 0.717) is 18.2 Å². The van der Waals surface area contributed by atoms with Crippen molar-refractivity contribution in [3.8, 4) is 0 Å². The van der Waals surface area contributed by atoms with Crippen LogP contribution in [0.1, 0.15) is 31.2 Å². The molecular formula is C27H33Cl2FN4O. The van der Waals surface area contributed by atoms with Gasteiger partial charge in [0.1, 0.15) is 5.82 Å². The van der Waals surface area contributed by atoms with Crippen molar-refractivity contribution in [2.45, 2.75) is 37.1 Å². The zero-order chi connectivity index (χ0) is 24.6. The lowest BCUT2D eigenvalue weighted by Gasteiger charge is -2.34. The predicted molar refractivity (Wildman–Crippen MR) is 140 cm³/mol. The van der Waals surface area contributed by atoms with Crippen molar-refractivity contribution in [3.05, 3.63) is 63.9 Å².